The molecule has 0 amide bonds. The van der Waals surface area contributed by atoms with E-state index in [0.717, 1.165) is 57.8 Å². The number of aliphatic hydroxyl groups is 3. The standard InChI is InChI=1S/C23H38O5/c1-14(25)18-8-11-23(27)20-5-4-16-12-17(28-15(2)26)6-10-22(16,13-24)19(20)7-9-21(18,23)3/h14,16-20,24-25,27H,4-13H2,1-3H3/t14?,16-,17-,18+,19-,20+,21+,22+,23-/m0/s1. The Hall–Kier alpha value is -0.650. The monoisotopic (exact) mass is 394 g/mol. The van der Waals surface area contributed by atoms with Gasteiger partial charge in [-0.05, 0) is 93.8 Å². The molecular formula is C23H38O5. The Morgan fingerprint density at radius 1 is 1.11 bits per heavy atom. The first kappa shape index (κ1) is 20.6. The highest BCUT2D eigenvalue weighted by Gasteiger charge is 2.68. The summed E-state index contributed by atoms with van der Waals surface area (Å²) in [5.74, 6) is 0.816. The summed E-state index contributed by atoms with van der Waals surface area (Å²) < 4.78 is 5.51. The van der Waals surface area contributed by atoms with Crippen molar-refractivity contribution >= 4 is 5.97 Å². The molecule has 0 aromatic carbocycles. The number of hydrogen-bond acceptors (Lipinski definition) is 5. The third kappa shape index (κ3) is 2.72. The fraction of sp³-hybridized carbons (Fsp3) is 0.957. The molecule has 4 saturated carbocycles. The van der Waals surface area contributed by atoms with Gasteiger partial charge in [0.2, 0.25) is 0 Å². The normalized spacial score (nSPS) is 51.6. The average Bonchev–Trinajstić information content (AvgIpc) is 2.92. The number of esters is 1. The van der Waals surface area contributed by atoms with Gasteiger partial charge < -0.3 is 20.1 Å². The number of carbonyl (C=O) groups excluding carboxylic acids is 1. The quantitative estimate of drug-likeness (QED) is 0.641. The van der Waals surface area contributed by atoms with Crippen molar-refractivity contribution in [1.82, 2.24) is 0 Å². The Labute approximate surface area is 168 Å². The van der Waals surface area contributed by atoms with Crippen LogP contribution < -0.4 is 0 Å². The smallest absolute Gasteiger partial charge is 0.302 e. The summed E-state index contributed by atoms with van der Waals surface area (Å²) in [6, 6.07) is 0. The largest absolute Gasteiger partial charge is 0.463 e. The zero-order chi connectivity index (χ0) is 20.3. The SMILES string of the molecule is CC(=O)O[C@H]1CC[C@@]2(CO)[C@@H](CC[C@@H]3[C@@H]2CC[C@]2(C)[C@@H](C(C)O)CC[C@]32O)C1. The summed E-state index contributed by atoms with van der Waals surface area (Å²) >= 11 is 0. The van der Waals surface area contributed by atoms with Crippen LogP contribution in [0.4, 0.5) is 0 Å². The number of rotatable bonds is 3. The predicted molar refractivity (Wildman–Crippen MR) is 105 cm³/mol. The molecule has 4 aliphatic carbocycles. The van der Waals surface area contributed by atoms with Gasteiger partial charge in [0.25, 0.3) is 0 Å². The molecule has 4 fully saturated rings. The first-order chi connectivity index (χ1) is 13.2. The number of ether oxygens (including phenoxy) is 1. The van der Waals surface area contributed by atoms with Crippen LogP contribution in [0.15, 0.2) is 0 Å². The lowest BCUT2D eigenvalue weighted by Gasteiger charge is -2.64. The van der Waals surface area contributed by atoms with Crippen LogP contribution in [0.2, 0.25) is 0 Å². The highest BCUT2D eigenvalue weighted by molar-refractivity contribution is 5.66. The second-order valence-corrected chi connectivity index (χ2v) is 10.7. The molecule has 5 nitrogen and oxygen atoms in total. The molecule has 0 spiro atoms. The third-order valence-corrected chi connectivity index (χ3v) is 9.78. The van der Waals surface area contributed by atoms with Crippen molar-refractivity contribution in [3.63, 3.8) is 0 Å². The van der Waals surface area contributed by atoms with E-state index in [1.54, 1.807) is 0 Å². The van der Waals surface area contributed by atoms with Crippen LogP contribution in [-0.4, -0.2) is 45.7 Å². The van der Waals surface area contributed by atoms with Crippen molar-refractivity contribution in [3.8, 4) is 0 Å². The van der Waals surface area contributed by atoms with E-state index in [1.807, 2.05) is 6.92 Å². The number of hydrogen-bond donors (Lipinski definition) is 3. The molecule has 5 heteroatoms. The second-order valence-electron chi connectivity index (χ2n) is 10.7. The Morgan fingerprint density at radius 2 is 1.86 bits per heavy atom. The lowest BCUT2D eigenvalue weighted by atomic mass is 9.43. The Bertz CT molecular complexity index is 620. The van der Waals surface area contributed by atoms with E-state index in [0.29, 0.717) is 11.8 Å². The van der Waals surface area contributed by atoms with Gasteiger partial charge in [0.1, 0.15) is 6.10 Å². The second kappa shape index (κ2) is 6.95. The van der Waals surface area contributed by atoms with E-state index < -0.39 is 11.7 Å². The van der Waals surface area contributed by atoms with Gasteiger partial charge in [0, 0.05) is 18.9 Å². The van der Waals surface area contributed by atoms with Crippen molar-refractivity contribution < 1.29 is 24.9 Å². The van der Waals surface area contributed by atoms with Gasteiger partial charge in [-0.25, -0.2) is 0 Å². The zero-order valence-corrected chi connectivity index (χ0v) is 17.7. The fourth-order valence-corrected chi connectivity index (χ4v) is 8.45. The molecule has 0 saturated heterocycles. The van der Waals surface area contributed by atoms with Crippen LogP contribution in [0.5, 0.6) is 0 Å². The van der Waals surface area contributed by atoms with Crippen LogP contribution in [-0.2, 0) is 9.53 Å². The summed E-state index contributed by atoms with van der Waals surface area (Å²) in [6.45, 7) is 5.71. The molecule has 0 aromatic heterocycles. The maximum absolute atomic E-state index is 12.0. The number of carbonyl (C=O) groups is 1. The third-order valence-electron chi connectivity index (χ3n) is 9.78. The summed E-state index contributed by atoms with van der Waals surface area (Å²) in [4.78, 5) is 11.4. The maximum Gasteiger partial charge on any atom is 0.302 e. The molecule has 3 N–H and O–H groups in total. The molecule has 0 aromatic rings. The van der Waals surface area contributed by atoms with Crippen LogP contribution in [0.1, 0.15) is 78.6 Å². The molecule has 4 rings (SSSR count). The lowest BCUT2D eigenvalue weighted by Crippen LogP contribution is -2.64. The van der Waals surface area contributed by atoms with E-state index in [1.165, 1.54) is 6.92 Å². The molecule has 0 heterocycles. The van der Waals surface area contributed by atoms with Gasteiger partial charge in [-0.3, -0.25) is 4.79 Å². The van der Waals surface area contributed by atoms with Crippen molar-refractivity contribution in [1.29, 1.82) is 0 Å². The minimum atomic E-state index is -0.739. The van der Waals surface area contributed by atoms with E-state index in [-0.39, 0.29) is 41.3 Å². The van der Waals surface area contributed by atoms with E-state index in [2.05, 4.69) is 6.92 Å². The number of aliphatic hydroxyl groups excluding tert-OH is 2. The Balaban J connectivity index is 1.61. The molecule has 160 valence electrons. The minimum Gasteiger partial charge on any atom is -0.463 e. The van der Waals surface area contributed by atoms with Gasteiger partial charge >= 0.3 is 5.97 Å². The highest BCUT2D eigenvalue weighted by Crippen LogP contribution is 2.69. The first-order valence-electron chi connectivity index (χ1n) is 11.4. The summed E-state index contributed by atoms with van der Waals surface area (Å²) in [7, 11) is 0. The summed E-state index contributed by atoms with van der Waals surface area (Å²) in [5.41, 5.74) is -1.13. The molecule has 4 aliphatic rings. The Morgan fingerprint density at radius 3 is 2.50 bits per heavy atom. The molecule has 9 atom stereocenters. The van der Waals surface area contributed by atoms with Gasteiger partial charge in [-0.2, -0.15) is 0 Å². The molecule has 28 heavy (non-hydrogen) atoms. The van der Waals surface area contributed by atoms with Crippen molar-refractivity contribution in [2.24, 2.45) is 34.5 Å². The van der Waals surface area contributed by atoms with Crippen LogP contribution in [0.3, 0.4) is 0 Å². The summed E-state index contributed by atoms with van der Waals surface area (Å²) in [6.07, 6.45) is 7.66. The van der Waals surface area contributed by atoms with E-state index in [9.17, 15) is 20.1 Å². The van der Waals surface area contributed by atoms with Gasteiger partial charge in [0.15, 0.2) is 0 Å². The first-order valence-corrected chi connectivity index (χ1v) is 11.4. The highest BCUT2D eigenvalue weighted by atomic mass is 16.5. The molecule has 0 radical (unpaired) electrons. The van der Waals surface area contributed by atoms with Crippen molar-refractivity contribution in [3.05, 3.63) is 0 Å². The fourth-order valence-electron chi connectivity index (χ4n) is 8.45. The predicted octanol–water partition coefficient (Wildman–Crippen LogP) is 3.05. The maximum atomic E-state index is 12.0. The van der Waals surface area contributed by atoms with Crippen molar-refractivity contribution in [2.45, 2.75) is 96.4 Å². The number of fused-ring (bicyclic) bond motifs is 5. The van der Waals surface area contributed by atoms with Crippen LogP contribution in [0, 0.1) is 34.5 Å². The molecule has 1 unspecified atom stereocenters. The topological polar surface area (TPSA) is 87.0 Å². The molecule has 0 bridgehead atoms. The van der Waals surface area contributed by atoms with Crippen molar-refractivity contribution in [2.75, 3.05) is 6.61 Å². The zero-order valence-electron chi connectivity index (χ0n) is 17.7. The van der Waals surface area contributed by atoms with E-state index >= 15 is 0 Å². The Kier molecular flexibility index (Phi) is 5.12. The van der Waals surface area contributed by atoms with Crippen LogP contribution >= 0.6 is 0 Å². The molecular weight excluding hydrogens is 356 g/mol. The average molecular weight is 395 g/mol. The van der Waals surface area contributed by atoms with Crippen LogP contribution in [0.25, 0.3) is 0 Å². The lowest BCUT2D eigenvalue weighted by molar-refractivity contribution is -0.226. The van der Waals surface area contributed by atoms with Gasteiger partial charge in [-0.15, -0.1) is 0 Å². The van der Waals surface area contributed by atoms with Gasteiger partial charge in [0.05, 0.1) is 11.7 Å². The van der Waals surface area contributed by atoms with Gasteiger partial charge in [-0.1, -0.05) is 6.92 Å². The molecule has 0 aliphatic heterocycles. The van der Waals surface area contributed by atoms with E-state index in [4.69, 9.17) is 4.74 Å². The minimum absolute atomic E-state index is 0.0261. The summed E-state index contributed by atoms with van der Waals surface area (Å²) in [5, 5.41) is 32.9.